The molecule has 0 saturated carbocycles. The average Bonchev–Trinajstić information content (AvgIpc) is 2.68. The first-order valence-corrected chi connectivity index (χ1v) is 12.4. The van der Waals surface area contributed by atoms with Gasteiger partial charge in [-0.05, 0) is 35.2 Å². The highest BCUT2D eigenvalue weighted by Crippen LogP contribution is 2.40. The fraction of sp³-hybridized carbons (Fsp3) is 0.348. The Balaban J connectivity index is 1.94. The molecule has 176 valence electrons. The molecule has 1 aliphatic heterocycles. The van der Waals surface area contributed by atoms with Gasteiger partial charge in [0.15, 0.2) is 9.84 Å². The molecule has 9 nitrogen and oxygen atoms in total. The number of nitrogens with zero attached hydrogens (tertiary/aromatic N) is 1. The number of hydrogen-bond donors (Lipinski definition) is 3. The number of carbonyl (C=O) groups is 3. The van der Waals surface area contributed by atoms with Gasteiger partial charge < -0.3 is 10.4 Å². The molecule has 2 aromatic rings. The minimum atomic E-state index is -3.20. The molecule has 3 rings (SSSR count). The fourth-order valence-corrected chi connectivity index (χ4v) is 4.30. The second kappa shape index (κ2) is 8.86. The van der Waals surface area contributed by atoms with Gasteiger partial charge in [0.1, 0.15) is 5.75 Å². The maximum Gasteiger partial charge on any atom is 0.328 e. The molecule has 0 aliphatic carbocycles. The summed E-state index contributed by atoms with van der Waals surface area (Å²) in [5.74, 6) is -1.13. The first-order valence-electron chi connectivity index (χ1n) is 10.3. The molecule has 10 heteroatoms. The van der Waals surface area contributed by atoms with Crippen LogP contribution in [0.5, 0.6) is 5.75 Å². The van der Waals surface area contributed by atoms with Gasteiger partial charge in [-0.25, -0.2) is 13.2 Å². The summed E-state index contributed by atoms with van der Waals surface area (Å²) in [5.41, 5.74) is 1.39. The predicted molar refractivity (Wildman–Crippen MR) is 125 cm³/mol. The molecule has 0 radical (unpaired) electrons. The first kappa shape index (κ1) is 24.2. The fourth-order valence-electron chi connectivity index (χ4n) is 3.50. The van der Waals surface area contributed by atoms with Crippen LogP contribution >= 0.6 is 0 Å². The molecule has 2 aromatic carbocycles. The zero-order chi connectivity index (χ0) is 24.6. The molecule has 33 heavy (non-hydrogen) atoms. The number of urea groups is 1. The van der Waals surface area contributed by atoms with E-state index in [1.165, 1.54) is 23.1 Å². The lowest BCUT2D eigenvalue weighted by molar-refractivity contribution is -0.120. The van der Waals surface area contributed by atoms with Crippen LogP contribution in [0.25, 0.3) is 0 Å². The number of amides is 4. The van der Waals surface area contributed by atoms with Gasteiger partial charge in [-0.15, -0.1) is 0 Å². The van der Waals surface area contributed by atoms with Crippen LogP contribution in [0.4, 0.5) is 16.2 Å². The van der Waals surface area contributed by atoms with Crippen molar-refractivity contribution in [2.24, 2.45) is 0 Å². The highest BCUT2D eigenvalue weighted by atomic mass is 32.2. The third-order valence-corrected chi connectivity index (χ3v) is 6.02. The number of sulfone groups is 1. The summed E-state index contributed by atoms with van der Waals surface area (Å²) in [6.07, 6.45) is 1.27. The summed E-state index contributed by atoms with van der Waals surface area (Å²) in [7, 11) is -3.20. The lowest BCUT2D eigenvalue weighted by Gasteiger charge is -2.30. The summed E-state index contributed by atoms with van der Waals surface area (Å²) >= 11 is 0. The predicted octanol–water partition coefficient (Wildman–Crippen LogP) is 2.93. The number of carbonyl (C=O) groups excluding carboxylic acids is 3. The molecule has 1 fully saturated rings. The van der Waals surface area contributed by atoms with Crippen molar-refractivity contribution in [3.63, 3.8) is 0 Å². The Kier molecular flexibility index (Phi) is 6.51. The van der Waals surface area contributed by atoms with E-state index in [2.05, 4.69) is 10.6 Å². The molecular weight excluding hydrogens is 446 g/mol. The first-order chi connectivity index (χ1) is 15.2. The largest absolute Gasteiger partial charge is 0.505 e. The number of rotatable bonds is 5. The third kappa shape index (κ3) is 5.89. The molecule has 0 bridgehead atoms. The number of nitrogens with one attached hydrogen (secondary N) is 2. The van der Waals surface area contributed by atoms with Crippen molar-refractivity contribution >= 4 is 39.1 Å². The number of phenolic OH excluding ortho intramolecular Hbond substituents is 1. The van der Waals surface area contributed by atoms with E-state index >= 15 is 0 Å². The minimum absolute atomic E-state index is 0.118. The van der Waals surface area contributed by atoms with Crippen LogP contribution in [0.3, 0.4) is 0 Å². The van der Waals surface area contributed by atoms with Gasteiger partial charge in [-0.2, -0.15) is 0 Å². The van der Waals surface area contributed by atoms with Crippen molar-refractivity contribution < 1.29 is 27.9 Å². The van der Waals surface area contributed by atoms with Crippen molar-refractivity contribution in [2.75, 3.05) is 23.0 Å². The van der Waals surface area contributed by atoms with E-state index in [1.807, 2.05) is 20.8 Å². The van der Waals surface area contributed by atoms with Gasteiger partial charge in [0, 0.05) is 36.0 Å². The van der Waals surface area contributed by atoms with Crippen LogP contribution in [0, 0.1) is 0 Å². The zero-order valence-electron chi connectivity index (χ0n) is 18.9. The van der Waals surface area contributed by atoms with Crippen molar-refractivity contribution in [3.8, 4) is 5.75 Å². The molecule has 3 N–H and O–H groups in total. The monoisotopic (exact) mass is 473 g/mol. The standard InChI is InChI=1S/C23H27N3O6S/c1-23(2,3)17-11-16(26-10-9-19(27)25-22(26)30)12-18(20(17)28)24-21(29)15-7-5-14(6-8-15)13-33(4,31)32/h5-8,11-12,28H,9-10,13H2,1-4H3,(H,24,29)(H,25,27,30). The molecule has 1 saturated heterocycles. The van der Waals surface area contributed by atoms with E-state index in [0.717, 1.165) is 6.26 Å². The van der Waals surface area contributed by atoms with Crippen molar-refractivity contribution in [1.29, 1.82) is 0 Å². The van der Waals surface area contributed by atoms with Crippen LogP contribution in [-0.2, 0) is 25.8 Å². The van der Waals surface area contributed by atoms with Crippen LogP contribution in [-0.4, -0.2) is 44.2 Å². The second-order valence-electron chi connectivity index (χ2n) is 9.12. The quantitative estimate of drug-likeness (QED) is 0.572. The number of hydrogen-bond acceptors (Lipinski definition) is 6. The Hall–Kier alpha value is -3.40. The molecule has 0 unspecified atom stereocenters. The van der Waals surface area contributed by atoms with Crippen LogP contribution in [0.1, 0.15) is 48.7 Å². The van der Waals surface area contributed by atoms with E-state index < -0.39 is 27.2 Å². The summed E-state index contributed by atoms with van der Waals surface area (Å²) < 4.78 is 22.9. The minimum Gasteiger partial charge on any atom is -0.505 e. The Morgan fingerprint density at radius 2 is 1.79 bits per heavy atom. The van der Waals surface area contributed by atoms with E-state index in [-0.39, 0.29) is 41.6 Å². The molecule has 0 spiro atoms. The lowest BCUT2D eigenvalue weighted by atomic mass is 9.85. The number of benzene rings is 2. The zero-order valence-corrected chi connectivity index (χ0v) is 19.7. The van der Waals surface area contributed by atoms with Crippen LogP contribution in [0.2, 0.25) is 0 Å². The molecule has 1 heterocycles. The lowest BCUT2D eigenvalue weighted by Crippen LogP contribution is -2.49. The summed E-state index contributed by atoms with van der Waals surface area (Å²) in [4.78, 5) is 38.1. The topological polar surface area (TPSA) is 133 Å². The van der Waals surface area contributed by atoms with Gasteiger partial charge in [0.25, 0.3) is 5.91 Å². The smallest absolute Gasteiger partial charge is 0.328 e. The highest BCUT2D eigenvalue weighted by Gasteiger charge is 2.28. The van der Waals surface area contributed by atoms with Gasteiger partial charge in [0.2, 0.25) is 5.91 Å². The maximum atomic E-state index is 12.8. The Bertz CT molecular complexity index is 1210. The maximum absolute atomic E-state index is 12.8. The average molecular weight is 474 g/mol. The van der Waals surface area contributed by atoms with Crippen molar-refractivity contribution in [1.82, 2.24) is 5.32 Å². The van der Waals surface area contributed by atoms with Crippen molar-refractivity contribution in [2.45, 2.75) is 38.4 Å². The SMILES string of the molecule is CC(C)(C)c1cc(N2CCC(=O)NC2=O)cc(NC(=O)c2ccc(CS(C)(=O)=O)cc2)c1O. The highest BCUT2D eigenvalue weighted by molar-refractivity contribution is 7.89. The number of phenols is 1. The van der Waals surface area contributed by atoms with Crippen LogP contribution in [0.15, 0.2) is 36.4 Å². The van der Waals surface area contributed by atoms with Gasteiger partial charge in [-0.3, -0.25) is 19.8 Å². The number of aromatic hydroxyl groups is 1. The Morgan fingerprint density at radius 3 is 2.33 bits per heavy atom. The summed E-state index contributed by atoms with van der Waals surface area (Å²) in [6.45, 7) is 5.83. The van der Waals surface area contributed by atoms with Gasteiger partial charge in [0.05, 0.1) is 11.4 Å². The molecular formula is C23H27N3O6S. The number of anilines is 2. The summed E-state index contributed by atoms with van der Waals surface area (Å²) in [5, 5.41) is 15.8. The van der Waals surface area contributed by atoms with Gasteiger partial charge >= 0.3 is 6.03 Å². The normalized spacial score (nSPS) is 14.7. The van der Waals surface area contributed by atoms with E-state index in [9.17, 15) is 27.9 Å². The Morgan fingerprint density at radius 1 is 1.15 bits per heavy atom. The Labute approximate surface area is 192 Å². The van der Waals surface area contributed by atoms with Crippen molar-refractivity contribution in [3.05, 3.63) is 53.1 Å². The molecule has 1 aliphatic rings. The van der Waals surface area contributed by atoms with E-state index in [4.69, 9.17) is 0 Å². The molecule has 0 atom stereocenters. The molecule has 0 aromatic heterocycles. The second-order valence-corrected chi connectivity index (χ2v) is 11.3. The van der Waals surface area contributed by atoms with Gasteiger partial charge in [-0.1, -0.05) is 32.9 Å². The summed E-state index contributed by atoms with van der Waals surface area (Å²) in [6, 6.07) is 8.70. The molecule has 4 amide bonds. The van der Waals surface area contributed by atoms with E-state index in [1.54, 1.807) is 18.2 Å². The number of imide groups is 1. The van der Waals surface area contributed by atoms with Crippen LogP contribution < -0.4 is 15.5 Å². The van der Waals surface area contributed by atoms with E-state index in [0.29, 0.717) is 16.8 Å². The third-order valence-electron chi connectivity index (χ3n) is 5.16.